The molecule has 2 nitrogen and oxygen atoms in total. The first-order valence-corrected chi connectivity index (χ1v) is 13.1. The molecule has 0 spiro atoms. The molecule has 2 atom stereocenters. The van der Waals surface area contributed by atoms with E-state index in [0.29, 0.717) is 12.7 Å². The molecule has 0 radical (unpaired) electrons. The maximum absolute atomic E-state index is 6.14. The summed E-state index contributed by atoms with van der Waals surface area (Å²) in [6.45, 7) is 6.01. The summed E-state index contributed by atoms with van der Waals surface area (Å²) in [5.41, 5.74) is 2.82. The smallest absolute Gasteiger partial charge is 0.106 e. The second-order valence-electron chi connectivity index (χ2n) is 9.86. The van der Waals surface area contributed by atoms with E-state index in [-0.39, 0.29) is 6.10 Å². The van der Waals surface area contributed by atoms with Crippen molar-refractivity contribution in [3.05, 3.63) is 35.4 Å². The first-order chi connectivity index (χ1) is 14.8. The summed E-state index contributed by atoms with van der Waals surface area (Å²) in [4.78, 5) is 0. The van der Waals surface area contributed by atoms with Gasteiger partial charge in [-0.1, -0.05) is 95.9 Å². The molecule has 1 aliphatic heterocycles. The Labute approximate surface area is 186 Å². The van der Waals surface area contributed by atoms with Crippen molar-refractivity contribution in [1.29, 1.82) is 0 Å². The van der Waals surface area contributed by atoms with Crippen molar-refractivity contribution in [3.8, 4) is 0 Å². The van der Waals surface area contributed by atoms with Gasteiger partial charge in [-0.3, -0.25) is 0 Å². The predicted octanol–water partition coefficient (Wildman–Crippen LogP) is 8.36. The van der Waals surface area contributed by atoms with E-state index in [1.54, 1.807) is 0 Å². The zero-order chi connectivity index (χ0) is 21.0. The van der Waals surface area contributed by atoms with Gasteiger partial charge in [-0.05, 0) is 55.1 Å². The minimum absolute atomic E-state index is 0.116. The Kier molecular flexibility index (Phi) is 10.7. The third-order valence-corrected chi connectivity index (χ3v) is 7.44. The third kappa shape index (κ3) is 7.68. The van der Waals surface area contributed by atoms with E-state index in [4.69, 9.17) is 9.47 Å². The fraction of sp³-hybridized carbons (Fsp3) is 0.786. The highest BCUT2D eigenvalue weighted by Crippen LogP contribution is 2.38. The van der Waals surface area contributed by atoms with E-state index in [1.165, 1.54) is 94.6 Å². The monoisotopic (exact) mass is 414 g/mol. The van der Waals surface area contributed by atoms with Crippen molar-refractivity contribution in [2.45, 2.75) is 122 Å². The summed E-state index contributed by atoms with van der Waals surface area (Å²) in [5.74, 6) is 1.75. The molecule has 2 heteroatoms. The minimum Gasteiger partial charge on any atom is -0.373 e. The Morgan fingerprint density at radius 1 is 0.667 bits per heavy atom. The van der Waals surface area contributed by atoms with E-state index in [9.17, 15) is 0 Å². The standard InChI is InChI=1S/C28H46O2/c1-3-5-7-8-10-11-23-13-15-24(16-14-23)25-17-19-26(20-18-25)28-22-29-27(21-30-28)12-9-6-4-2/h17-20,23-24,27-28H,3-16,21-22H2,1-2H3/t23-,24-,27-,28-/m0/s1. The molecule has 170 valence electrons. The molecule has 1 aromatic carbocycles. The zero-order valence-electron chi connectivity index (χ0n) is 19.7. The van der Waals surface area contributed by atoms with Gasteiger partial charge in [0.1, 0.15) is 6.10 Å². The molecule has 30 heavy (non-hydrogen) atoms. The fourth-order valence-electron chi connectivity index (χ4n) is 5.33. The van der Waals surface area contributed by atoms with Gasteiger partial charge in [0.15, 0.2) is 0 Å². The Morgan fingerprint density at radius 3 is 1.97 bits per heavy atom. The van der Waals surface area contributed by atoms with Crippen LogP contribution in [0, 0.1) is 5.92 Å². The van der Waals surface area contributed by atoms with Crippen LogP contribution in [0.4, 0.5) is 0 Å². The number of hydrogen-bond acceptors (Lipinski definition) is 2. The van der Waals surface area contributed by atoms with Crippen molar-refractivity contribution in [2.75, 3.05) is 13.2 Å². The summed E-state index contributed by atoms with van der Waals surface area (Å²) in [6, 6.07) is 9.31. The quantitative estimate of drug-likeness (QED) is 0.320. The van der Waals surface area contributed by atoms with Crippen LogP contribution in [0.5, 0.6) is 0 Å². The predicted molar refractivity (Wildman–Crippen MR) is 127 cm³/mol. The SMILES string of the molecule is CCCCCCC[C@H]1CC[C@H](c2ccc([C@@H]3CO[C@@H](CCCCC)CO3)cc2)CC1. The van der Waals surface area contributed by atoms with Crippen LogP contribution in [0.1, 0.15) is 127 Å². The molecule has 0 bridgehead atoms. The van der Waals surface area contributed by atoms with Gasteiger partial charge in [0.25, 0.3) is 0 Å². The topological polar surface area (TPSA) is 18.5 Å². The van der Waals surface area contributed by atoms with Crippen molar-refractivity contribution in [2.24, 2.45) is 5.92 Å². The largest absolute Gasteiger partial charge is 0.373 e. The fourth-order valence-corrected chi connectivity index (χ4v) is 5.33. The Bertz CT molecular complexity index is 551. The molecule has 1 aliphatic carbocycles. The van der Waals surface area contributed by atoms with E-state index in [0.717, 1.165) is 24.9 Å². The molecule has 1 saturated heterocycles. The average Bonchev–Trinajstić information content (AvgIpc) is 2.80. The van der Waals surface area contributed by atoms with Gasteiger partial charge in [0.2, 0.25) is 0 Å². The molecule has 1 saturated carbocycles. The molecule has 2 fully saturated rings. The lowest BCUT2D eigenvalue weighted by Gasteiger charge is -2.31. The molecule has 1 aromatic rings. The second-order valence-corrected chi connectivity index (χ2v) is 9.86. The number of hydrogen-bond donors (Lipinski definition) is 0. The second kappa shape index (κ2) is 13.5. The first kappa shape index (κ1) is 23.8. The van der Waals surface area contributed by atoms with Gasteiger partial charge in [0.05, 0.1) is 19.3 Å². The third-order valence-electron chi connectivity index (χ3n) is 7.44. The van der Waals surface area contributed by atoms with Gasteiger partial charge >= 0.3 is 0 Å². The highest BCUT2D eigenvalue weighted by atomic mass is 16.6. The summed E-state index contributed by atoms with van der Waals surface area (Å²) >= 11 is 0. The highest BCUT2D eigenvalue weighted by molar-refractivity contribution is 5.27. The van der Waals surface area contributed by atoms with Gasteiger partial charge in [-0.25, -0.2) is 0 Å². The zero-order valence-corrected chi connectivity index (χ0v) is 19.7. The van der Waals surface area contributed by atoms with Crippen molar-refractivity contribution in [1.82, 2.24) is 0 Å². The van der Waals surface area contributed by atoms with Crippen LogP contribution in [0.3, 0.4) is 0 Å². The van der Waals surface area contributed by atoms with Crippen molar-refractivity contribution < 1.29 is 9.47 Å². The number of rotatable bonds is 12. The van der Waals surface area contributed by atoms with Gasteiger partial charge in [0, 0.05) is 0 Å². The highest BCUT2D eigenvalue weighted by Gasteiger charge is 2.25. The summed E-state index contributed by atoms with van der Waals surface area (Å²) in [5, 5.41) is 0. The molecular weight excluding hydrogens is 368 g/mol. The Morgan fingerprint density at radius 2 is 1.30 bits per heavy atom. The molecule has 3 rings (SSSR count). The lowest BCUT2D eigenvalue weighted by Crippen LogP contribution is -2.31. The molecule has 0 unspecified atom stereocenters. The van der Waals surface area contributed by atoms with Crippen LogP contribution in [-0.2, 0) is 9.47 Å². The molecule has 0 aromatic heterocycles. The van der Waals surface area contributed by atoms with E-state index < -0.39 is 0 Å². The van der Waals surface area contributed by atoms with Crippen molar-refractivity contribution in [3.63, 3.8) is 0 Å². The number of benzene rings is 1. The van der Waals surface area contributed by atoms with Crippen LogP contribution < -0.4 is 0 Å². The minimum atomic E-state index is 0.116. The molecule has 0 N–H and O–H groups in total. The summed E-state index contributed by atoms with van der Waals surface area (Å²) < 4.78 is 12.2. The summed E-state index contributed by atoms with van der Waals surface area (Å²) in [6.07, 6.45) is 19.6. The van der Waals surface area contributed by atoms with Crippen LogP contribution in [0.25, 0.3) is 0 Å². The average molecular weight is 415 g/mol. The van der Waals surface area contributed by atoms with Gasteiger partial charge < -0.3 is 9.47 Å². The Balaban J connectivity index is 1.36. The van der Waals surface area contributed by atoms with Gasteiger partial charge in [-0.15, -0.1) is 0 Å². The van der Waals surface area contributed by atoms with Crippen LogP contribution in [-0.4, -0.2) is 19.3 Å². The van der Waals surface area contributed by atoms with Crippen LogP contribution in [0.15, 0.2) is 24.3 Å². The van der Waals surface area contributed by atoms with Crippen LogP contribution in [0.2, 0.25) is 0 Å². The maximum Gasteiger partial charge on any atom is 0.106 e. The normalized spacial score (nSPS) is 27.3. The lowest BCUT2D eigenvalue weighted by molar-refractivity contribution is -0.137. The molecule has 0 amide bonds. The molecular formula is C28H46O2. The van der Waals surface area contributed by atoms with E-state index in [2.05, 4.69) is 38.1 Å². The number of ether oxygens (including phenoxy) is 2. The lowest BCUT2D eigenvalue weighted by atomic mass is 9.77. The molecule has 1 heterocycles. The van der Waals surface area contributed by atoms with Crippen molar-refractivity contribution >= 4 is 0 Å². The Hall–Kier alpha value is -0.860. The maximum atomic E-state index is 6.14. The first-order valence-electron chi connectivity index (χ1n) is 13.1. The van der Waals surface area contributed by atoms with E-state index >= 15 is 0 Å². The molecule has 2 aliphatic rings. The number of unbranched alkanes of at least 4 members (excludes halogenated alkanes) is 6. The van der Waals surface area contributed by atoms with Crippen LogP contribution >= 0.6 is 0 Å². The summed E-state index contributed by atoms with van der Waals surface area (Å²) in [7, 11) is 0. The van der Waals surface area contributed by atoms with E-state index in [1.807, 2.05) is 0 Å². The van der Waals surface area contributed by atoms with Gasteiger partial charge in [-0.2, -0.15) is 0 Å².